The number of furan rings is 1. The number of para-hydroxylation sites is 1. The molecule has 2 nitrogen and oxygen atoms in total. The maximum absolute atomic E-state index is 5.95. The minimum atomic E-state index is 0.955. The quantitative estimate of drug-likeness (QED) is 0.687. The molecule has 0 saturated carbocycles. The van der Waals surface area contributed by atoms with E-state index in [0.717, 1.165) is 29.7 Å². The topological polar surface area (TPSA) is 25.2 Å². The first-order chi connectivity index (χ1) is 8.92. The molecule has 4 rings (SSSR count). The van der Waals surface area contributed by atoms with Gasteiger partial charge < -0.3 is 9.73 Å². The molecule has 1 aromatic heterocycles. The zero-order valence-electron chi connectivity index (χ0n) is 9.94. The maximum atomic E-state index is 5.95. The van der Waals surface area contributed by atoms with Crippen molar-refractivity contribution in [1.82, 2.24) is 0 Å². The number of benzene rings is 2. The number of hydrogen-bond donors (Lipinski definition) is 1. The molecule has 0 fully saturated rings. The Kier molecular flexibility index (Phi) is 1.97. The lowest BCUT2D eigenvalue weighted by atomic mass is 10.0. The van der Waals surface area contributed by atoms with Crippen molar-refractivity contribution in [3.8, 4) is 11.3 Å². The molecule has 2 heterocycles. The van der Waals surface area contributed by atoms with Crippen LogP contribution in [0.5, 0.6) is 0 Å². The van der Waals surface area contributed by atoms with Gasteiger partial charge in [0, 0.05) is 23.2 Å². The fourth-order valence-corrected chi connectivity index (χ4v) is 2.69. The normalized spacial score (nSPS) is 13.6. The fraction of sp³-hybridized carbons (Fsp3) is 0.125. The zero-order valence-corrected chi connectivity index (χ0v) is 9.94. The third kappa shape index (κ3) is 1.35. The van der Waals surface area contributed by atoms with E-state index in [0.29, 0.717) is 0 Å². The molecule has 0 atom stereocenters. The minimum Gasteiger partial charge on any atom is -0.456 e. The summed E-state index contributed by atoms with van der Waals surface area (Å²) in [5, 5.41) is 4.57. The molecule has 1 N–H and O–H groups in total. The van der Waals surface area contributed by atoms with E-state index in [1.54, 1.807) is 0 Å². The molecular weight excluding hydrogens is 222 g/mol. The van der Waals surface area contributed by atoms with Crippen molar-refractivity contribution >= 4 is 16.7 Å². The van der Waals surface area contributed by atoms with E-state index in [9.17, 15) is 0 Å². The Morgan fingerprint density at radius 1 is 1.00 bits per heavy atom. The molecule has 1 aliphatic heterocycles. The smallest absolute Gasteiger partial charge is 0.135 e. The highest BCUT2D eigenvalue weighted by molar-refractivity contribution is 5.84. The SMILES string of the molecule is c1cc2c(c(-c3cc4ccccc4o3)c1)CCN2. The Morgan fingerprint density at radius 2 is 1.94 bits per heavy atom. The summed E-state index contributed by atoms with van der Waals surface area (Å²) in [6.07, 6.45) is 1.07. The van der Waals surface area contributed by atoms with Crippen LogP contribution in [0.2, 0.25) is 0 Å². The van der Waals surface area contributed by atoms with E-state index in [2.05, 4.69) is 35.6 Å². The van der Waals surface area contributed by atoms with Crippen molar-refractivity contribution in [2.45, 2.75) is 6.42 Å². The molecule has 0 amide bonds. The highest BCUT2D eigenvalue weighted by Gasteiger charge is 2.17. The van der Waals surface area contributed by atoms with Crippen molar-refractivity contribution in [2.75, 3.05) is 11.9 Å². The molecular formula is C16H13NO. The second-order valence-corrected chi connectivity index (χ2v) is 4.66. The van der Waals surface area contributed by atoms with Gasteiger partial charge in [0.2, 0.25) is 0 Å². The average Bonchev–Trinajstić information content (AvgIpc) is 3.04. The summed E-state index contributed by atoms with van der Waals surface area (Å²) in [5.41, 5.74) is 4.79. The van der Waals surface area contributed by atoms with Crippen molar-refractivity contribution in [1.29, 1.82) is 0 Å². The molecule has 0 bridgehead atoms. The van der Waals surface area contributed by atoms with Crippen LogP contribution >= 0.6 is 0 Å². The van der Waals surface area contributed by atoms with Crippen molar-refractivity contribution in [3.63, 3.8) is 0 Å². The minimum absolute atomic E-state index is 0.955. The molecule has 2 heteroatoms. The van der Waals surface area contributed by atoms with E-state index in [-0.39, 0.29) is 0 Å². The van der Waals surface area contributed by atoms with Gasteiger partial charge in [0.05, 0.1) is 0 Å². The summed E-state index contributed by atoms with van der Waals surface area (Å²) >= 11 is 0. The summed E-state index contributed by atoms with van der Waals surface area (Å²) in [6.45, 7) is 1.02. The van der Waals surface area contributed by atoms with Crippen LogP contribution in [0.1, 0.15) is 5.56 Å². The van der Waals surface area contributed by atoms with Crippen molar-refractivity contribution in [3.05, 3.63) is 54.1 Å². The van der Waals surface area contributed by atoms with Crippen LogP contribution in [0.3, 0.4) is 0 Å². The Balaban J connectivity index is 1.95. The molecule has 88 valence electrons. The maximum Gasteiger partial charge on any atom is 0.135 e. The van der Waals surface area contributed by atoms with Gasteiger partial charge in [0.15, 0.2) is 0 Å². The molecule has 2 aromatic carbocycles. The molecule has 0 spiro atoms. The average molecular weight is 235 g/mol. The molecule has 18 heavy (non-hydrogen) atoms. The number of rotatable bonds is 1. The van der Waals surface area contributed by atoms with Crippen LogP contribution in [-0.4, -0.2) is 6.54 Å². The third-order valence-electron chi connectivity index (χ3n) is 3.56. The highest BCUT2D eigenvalue weighted by atomic mass is 16.3. The first kappa shape index (κ1) is 9.77. The molecule has 0 aliphatic carbocycles. The number of nitrogens with one attached hydrogen (secondary N) is 1. The highest BCUT2D eigenvalue weighted by Crippen LogP contribution is 2.35. The Hall–Kier alpha value is -2.22. The summed E-state index contributed by atoms with van der Waals surface area (Å²) in [7, 11) is 0. The van der Waals surface area contributed by atoms with Gasteiger partial charge in [-0.05, 0) is 30.2 Å². The number of anilines is 1. The first-order valence-electron chi connectivity index (χ1n) is 6.26. The van der Waals surface area contributed by atoms with Gasteiger partial charge in [-0.3, -0.25) is 0 Å². The van der Waals surface area contributed by atoms with Crippen LogP contribution in [0.4, 0.5) is 5.69 Å². The van der Waals surface area contributed by atoms with E-state index < -0.39 is 0 Å². The van der Waals surface area contributed by atoms with Crippen LogP contribution in [0, 0.1) is 0 Å². The van der Waals surface area contributed by atoms with E-state index in [4.69, 9.17) is 4.42 Å². The van der Waals surface area contributed by atoms with Gasteiger partial charge in [0.25, 0.3) is 0 Å². The summed E-state index contributed by atoms with van der Waals surface area (Å²) in [5.74, 6) is 0.969. The van der Waals surface area contributed by atoms with Crippen LogP contribution in [0.15, 0.2) is 52.9 Å². The Morgan fingerprint density at radius 3 is 2.89 bits per heavy atom. The van der Waals surface area contributed by atoms with Crippen LogP contribution in [0.25, 0.3) is 22.3 Å². The largest absolute Gasteiger partial charge is 0.456 e. The van der Waals surface area contributed by atoms with Crippen LogP contribution in [-0.2, 0) is 6.42 Å². The van der Waals surface area contributed by atoms with Crippen molar-refractivity contribution < 1.29 is 4.42 Å². The second-order valence-electron chi connectivity index (χ2n) is 4.66. The standard InChI is InChI=1S/C16H13NO/c1-2-7-15-11(4-1)10-16(18-15)13-5-3-6-14-12(13)8-9-17-14/h1-7,10,17H,8-9H2. The lowest BCUT2D eigenvalue weighted by Gasteiger charge is -2.04. The molecule has 0 saturated heterocycles. The Labute approximate surface area is 105 Å². The first-order valence-corrected chi connectivity index (χ1v) is 6.26. The van der Waals surface area contributed by atoms with Gasteiger partial charge >= 0.3 is 0 Å². The van der Waals surface area contributed by atoms with Crippen molar-refractivity contribution in [2.24, 2.45) is 0 Å². The van der Waals surface area contributed by atoms with Crippen LogP contribution < -0.4 is 5.32 Å². The predicted molar refractivity (Wildman–Crippen MR) is 73.8 cm³/mol. The molecule has 0 unspecified atom stereocenters. The van der Waals surface area contributed by atoms with E-state index in [1.807, 2.05) is 18.2 Å². The molecule has 0 radical (unpaired) electrons. The van der Waals surface area contributed by atoms with Gasteiger partial charge in [-0.15, -0.1) is 0 Å². The lowest BCUT2D eigenvalue weighted by molar-refractivity contribution is 0.631. The summed E-state index contributed by atoms with van der Waals surface area (Å²) in [4.78, 5) is 0. The zero-order chi connectivity index (χ0) is 11.9. The molecule has 1 aliphatic rings. The third-order valence-corrected chi connectivity index (χ3v) is 3.56. The van der Waals surface area contributed by atoms with Gasteiger partial charge in [-0.25, -0.2) is 0 Å². The predicted octanol–water partition coefficient (Wildman–Crippen LogP) is 4.07. The monoisotopic (exact) mass is 235 g/mol. The number of hydrogen-bond acceptors (Lipinski definition) is 2. The summed E-state index contributed by atoms with van der Waals surface area (Å²) < 4.78 is 5.95. The van der Waals surface area contributed by atoms with Gasteiger partial charge in [0.1, 0.15) is 11.3 Å². The number of fused-ring (bicyclic) bond motifs is 2. The second kappa shape index (κ2) is 3.64. The lowest BCUT2D eigenvalue weighted by Crippen LogP contribution is -1.90. The summed E-state index contributed by atoms with van der Waals surface area (Å²) in [6, 6.07) is 16.6. The van der Waals surface area contributed by atoms with Gasteiger partial charge in [-0.1, -0.05) is 30.3 Å². The fourth-order valence-electron chi connectivity index (χ4n) is 2.69. The van der Waals surface area contributed by atoms with E-state index in [1.165, 1.54) is 16.8 Å². The van der Waals surface area contributed by atoms with Gasteiger partial charge in [-0.2, -0.15) is 0 Å². The molecule has 3 aromatic rings. The van der Waals surface area contributed by atoms with E-state index >= 15 is 0 Å². The Bertz CT molecular complexity index is 694.